The molecule has 0 saturated carbocycles. The van der Waals surface area contributed by atoms with Gasteiger partial charge in [-0.15, -0.1) is 0 Å². The highest BCUT2D eigenvalue weighted by Gasteiger charge is 2.20. The number of H-pyrrole nitrogens is 1. The molecule has 0 bridgehead atoms. The topological polar surface area (TPSA) is 15.8 Å². The first-order valence-corrected chi connectivity index (χ1v) is 7.63. The fourth-order valence-electron chi connectivity index (χ4n) is 3.29. The molecule has 1 nitrogen and oxygen atoms in total. The molecule has 2 heteroatoms. The van der Waals surface area contributed by atoms with Crippen molar-refractivity contribution in [2.24, 2.45) is 0 Å². The molecule has 1 aliphatic rings. The van der Waals surface area contributed by atoms with Crippen LogP contribution < -0.4 is 0 Å². The highest BCUT2D eigenvalue weighted by Crippen LogP contribution is 2.37. The van der Waals surface area contributed by atoms with Crippen LogP contribution in [0.1, 0.15) is 11.1 Å². The zero-order valence-corrected chi connectivity index (χ0v) is 12.5. The molecular formula is C19H18BN. The minimum absolute atomic E-state index is 0.619. The van der Waals surface area contributed by atoms with Crippen molar-refractivity contribution in [2.45, 2.75) is 20.1 Å². The first-order chi connectivity index (χ1) is 10.2. The Hall–Kier alpha value is -2.22. The smallest absolute Gasteiger partial charge is 0.164 e. The molecule has 0 aliphatic heterocycles. The van der Waals surface area contributed by atoms with E-state index in [2.05, 4.69) is 73.4 Å². The van der Waals surface area contributed by atoms with E-state index in [4.69, 9.17) is 0 Å². The summed E-state index contributed by atoms with van der Waals surface area (Å²) in [4.78, 5) is 3.39. The third-order valence-electron chi connectivity index (χ3n) is 4.54. The van der Waals surface area contributed by atoms with Crippen molar-refractivity contribution in [1.29, 1.82) is 0 Å². The van der Waals surface area contributed by atoms with Gasteiger partial charge in [-0.25, -0.2) is 0 Å². The second-order valence-corrected chi connectivity index (χ2v) is 6.18. The molecule has 1 aliphatic carbocycles. The van der Waals surface area contributed by atoms with Crippen LogP contribution in [0.2, 0.25) is 13.6 Å². The first-order valence-electron chi connectivity index (χ1n) is 7.63. The van der Waals surface area contributed by atoms with Gasteiger partial charge in [0.25, 0.3) is 0 Å². The molecular weight excluding hydrogens is 253 g/mol. The zero-order valence-electron chi connectivity index (χ0n) is 12.5. The normalized spacial score (nSPS) is 13.3. The Balaban J connectivity index is 1.93. The lowest BCUT2D eigenvalue weighted by atomic mass is 9.48. The van der Waals surface area contributed by atoms with Crippen molar-refractivity contribution in [3.05, 3.63) is 65.3 Å². The first kappa shape index (κ1) is 12.5. The van der Waals surface area contributed by atoms with E-state index in [0.717, 1.165) is 6.42 Å². The second-order valence-electron chi connectivity index (χ2n) is 6.18. The minimum Gasteiger partial charge on any atom is -0.361 e. The van der Waals surface area contributed by atoms with E-state index < -0.39 is 0 Å². The van der Waals surface area contributed by atoms with Gasteiger partial charge in [-0.05, 0) is 29.2 Å². The lowest BCUT2D eigenvalue weighted by Crippen LogP contribution is -2.04. The highest BCUT2D eigenvalue weighted by atomic mass is 14.7. The van der Waals surface area contributed by atoms with E-state index in [1.54, 1.807) is 0 Å². The third kappa shape index (κ3) is 1.94. The molecule has 102 valence electrons. The average molecular weight is 271 g/mol. The van der Waals surface area contributed by atoms with Crippen LogP contribution in [0.5, 0.6) is 0 Å². The maximum atomic E-state index is 3.39. The van der Waals surface area contributed by atoms with Crippen molar-refractivity contribution in [3.63, 3.8) is 0 Å². The number of fused-ring (bicyclic) bond motifs is 2. The van der Waals surface area contributed by atoms with Crippen molar-refractivity contribution < 1.29 is 0 Å². The van der Waals surface area contributed by atoms with E-state index in [9.17, 15) is 0 Å². The lowest BCUT2D eigenvalue weighted by molar-refractivity contribution is 1.27. The number of para-hydroxylation sites is 1. The summed E-state index contributed by atoms with van der Waals surface area (Å²) in [5, 5.41) is 1.30. The number of hydrogen-bond donors (Lipinski definition) is 1. The zero-order chi connectivity index (χ0) is 14.4. The standard InChI is InChI=1S/C19H18BN/c1-20(2)14-10-13-6-5-8-15(17(13)11-14)18-12-21-19-9-4-3-7-16(18)19/h3-9,11-12,21H,10H2,1-2H3. The Morgan fingerprint density at radius 2 is 1.81 bits per heavy atom. The fourth-order valence-corrected chi connectivity index (χ4v) is 3.29. The van der Waals surface area contributed by atoms with Gasteiger partial charge in [0, 0.05) is 22.7 Å². The molecule has 0 saturated heterocycles. The summed E-state index contributed by atoms with van der Waals surface area (Å²) in [5.41, 5.74) is 8.27. The van der Waals surface area contributed by atoms with Crippen molar-refractivity contribution in [3.8, 4) is 11.1 Å². The molecule has 0 amide bonds. The quantitative estimate of drug-likeness (QED) is 0.626. The molecule has 0 fully saturated rings. The molecule has 0 radical (unpaired) electrons. The van der Waals surface area contributed by atoms with Gasteiger partial charge >= 0.3 is 0 Å². The SMILES string of the molecule is CB(C)C1=Cc2c(cccc2-c2c[nH]c3ccccc23)C1. The summed E-state index contributed by atoms with van der Waals surface area (Å²) < 4.78 is 0. The number of hydrogen-bond acceptors (Lipinski definition) is 0. The van der Waals surface area contributed by atoms with Crippen LogP contribution >= 0.6 is 0 Å². The molecule has 2 aromatic carbocycles. The van der Waals surface area contributed by atoms with Crippen LogP contribution in [0.4, 0.5) is 0 Å². The molecule has 3 aromatic rings. The van der Waals surface area contributed by atoms with Gasteiger partial charge in [-0.2, -0.15) is 0 Å². The van der Waals surface area contributed by atoms with E-state index in [0.29, 0.717) is 6.71 Å². The predicted molar refractivity (Wildman–Crippen MR) is 92.9 cm³/mol. The monoisotopic (exact) mass is 271 g/mol. The molecule has 0 atom stereocenters. The van der Waals surface area contributed by atoms with Crippen LogP contribution in [-0.4, -0.2) is 11.7 Å². The molecule has 4 rings (SSSR count). The van der Waals surface area contributed by atoms with Crippen molar-refractivity contribution >= 4 is 23.7 Å². The third-order valence-corrected chi connectivity index (χ3v) is 4.54. The molecule has 1 N–H and O–H groups in total. The van der Waals surface area contributed by atoms with Crippen LogP contribution in [0.15, 0.2) is 54.1 Å². The summed E-state index contributed by atoms with van der Waals surface area (Å²) in [6, 6.07) is 15.2. The number of rotatable bonds is 2. The van der Waals surface area contributed by atoms with E-state index >= 15 is 0 Å². The Labute approximate surface area is 125 Å². The summed E-state index contributed by atoms with van der Waals surface area (Å²) in [5.74, 6) is 0. The Bertz CT molecular complexity index is 855. The summed E-state index contributed by atoms with van der Waals surface area (Å²) in [6.07, 6.45) is 5.64. The molecule has 21 heavy (non-hydrogen) atoms. The summed E-state index contributed by atoms with van der Waals surface area (Å²) in [6.45, 7) is 5.18. The maximum absolute atomic E-state index is 3.39. The van der Waals surface area contributed by atoms with Gasteiger partial charge < -0.3 is 4.98 Å². The van der Waals surface area contributed by atoms with Gasteiger partial charge in [0.15, 0.2) is 6.71 Å². The summed E-state index contributed by atoms with van der Waals surface area (Å²) >= 11 is 0. The Morgan fingerprint density at radius 3 is 2.67 bits per heavy atom. The Kier molecular flexibility index (Phi) is 2.78. The maximum Gasteiger partial charge on any atom is 0.164 e. The van der Waals surface area contributed by atoms with Crippen LogP contribution in [0, 0.1) is 0 Å². The van der Waals surface area contributed by atoms with E-state index in [1.807, 2.05) is 0 Å². The number of aromatic amines is 1. The second kappa shape index (κ2) is 4.66. The molecule has 1 aromatic heterocycles. The number of allylic oxidation sites excluding steroid dienone is 1. The number of benzene rings is 2. The molecule has 1 heterocycles. The fraction of sp³-hybridized carbons (Fsp3) is 0.158. The number of nitrogens with one attached hydrogen (secondary N) is 1. The minimum atomic E-state index is 0.619. The van der Waals surface area contributed by atoms with E-state index in [1.165, 1.54) is 38.6 Å². The largest absolute Gasteiger partial charge is 0.361 e. The predicted octanol–water partition coefficient (Wildman–Crippen LogP) is 5.07. The van der Waals surface area contributed by atoms with Crippen LogP contribution in [-0.2, 0) is 6.42 Å². The van der Waals surface area contributed by atoms with Crippen LogP contribution in [0.25, 0.3) is 28.1 Å². The average Bonchev–Trinajstić information content (AvgIpc) is 3.11. The molecule has 0 spiro atoms. The van der Waals surface area contributed by atoms with Crippen molar-refractivity contribution in [1.82, 2.24) is 4.98 Å². The lowest BCUT2D eigenvalue weighted by Gasteiger charge is -2.06. The molecule has 0 unspecified atom stereocenters. The summed E-state index contributed by atoms with van der Waals surface area (Å²) in [7, 11) is 0. The van der Waals surface area contributed by atoms with Gasteiger partial charge in [-0.1, -0.05) is 61.6 Å². The number of aromatic nitrogens is 1. The van der Waals surface area contributed by atoms with Crippen LogP contribution in [0.3, 0.4) is 0 Å². The van der Waals surface area contributed by atoms with Gasteiger partial charge in [0.1, 0.15) is 0 Å². The van der Waals surface area contributed by atoms with Gasteiger partial charge in [-0.3, -0.25) is 0 Å². The highest BCUT2D eigenvalue weighted by molar-refractivity contribution is 6.65. The van der Waals surface area contributed by atoms with Gasteiger partial charge in [0.05, 0.1) is 0 Å². The van der Waals surface area contributed by atoms with E-state index in [-0.39, 0.29) is 0 Å². The van der Waals surface area contributed by atoms with Crippen molar-refractivity contribution in [2.75, 3.05) is 0 Å². The Morgan fingerprint density at radius 1 is 0.952 bits per heavy atom. The van der Waals surface area contributed by atoms with Gasteiger partial charge in [0.2, 0.25) is 0 Å².